The topological polar surface area (TPSA) is 43.1 Å². The zero-order valence-electron chi connectivity index (χ0n) is 9.99. The lowest BCUT2D eigenvalue weighted by molar-refractivity contribution is 0.1000. The molecule has 0 aliphatic heterocycles. The minimum Gasteiger partial charge on any atom is -0.366 e. The Hall–Kier alpha value is -2.51. The van der Waals surface area contributed by atoms with Gasteiger partial charge in [0.15, 0.2) is 23.3 Å². The van der Waals surface area contributed by atoms with Crippen molar-refractivity contribution >= 4 is 5.91 Å². The maximum Gasteiger partial charge on any atom is 0.248 e. The van der Waals surface area contributed by atoms with E-state index in [1.807, 2.05) is 0 Å². The normalized spacial score (nSPS) is 10.8. The predicted octanol–water partition coefficient (Wildman–Crippen LogP) is 3.29. The third kappa shape index (κ3) is 2.44. The molecular formula is C13H5F6NO. The molecule has 0 aliphatic rings. The molecule has 0 saturated carbocycles. The molecule has 2 N–H and O–H groups in total. The van der Waals surface area contributed by atoms with Gasteiger partial charge in [0, 0.05) is 5.56 Å². The summed E-state index contributed by atoms with van der Waals surface area (Å²) in [6, 6.07) is 1.91. The molecule has 0 spiro atoms. The monoisotopic (exact) mass is 305 g/mol. The Balaban J connectivity index is 2.82. The molecule has 0 fully saturated rings. The second-order valence-electron chi connectivity index (χ2n) is 4.04. The maximum atomic E-state index is 13.6. The van der Waals surface area contributed by atoms with Crippen LogP contribution in [0.3, 0.4) is 0 Å². The fraction of sp³-hybridized carbons (Fsp3) is 0. The molecule has 2 nitrogen and oxygen atoms in total. The molecular weight excluding hydrogens is 300 g/mol. The van der Waals surface area contributed by atoms with Gasteiger partial charge in [0.05, 0.1) is 5.56 Å². The van der Waals surface area contributed by atoms with E-state index in [1.54, 1.807) is 0 Å². The van der Waals surface area contributed by atoms with Crippen LogP contribution in [-0.4, -0.2) is 5.91 Å². The molecule has 0 unspecified atom stereocenters. The summed E-state index contributed by atoms with van der Waals surface area (Å²) in [6.07, 6.45) is 0. The number of amides is 1. The second-order valence-corrected chi connectivity index (χ2v) is 4.04. The SMILES string of the molecule is NC(=O)c1cc(F)cc(-c2c(F)c(F)c(F)c(F)c2F)c1. The van der Waals surface area contributed by atoms with Crippen LogP contribution >= 0.6 is 0 Å². The number of carbonyl (C=O) groups is 1. The third-order valence-electron chi connectivity index (χ3n) is 2.68. The number of rotatable bonds is 2. The highest BCUT2D eigenvalue weighted by atomic mass is 19.2. The van der Waals surface area contributed by atoms with E-state index in [-0.39, 0.29) is 0 Å². The largest absolute Gasteiger partial charge is 0.366 e. The van der Waals surface area contributed by atoms with E-state index < -0.39 is 57.5 Å². The molecule has 110 valence electrons. The van der Waals surface area contributed by atoms with E-state index >= 15 is 0 Å². The lowest BCUT2D eigenvalue weighted by Crippen LogP contribution is -2.12. The molecule has 0 saturated heterocycles. The third-order valence-corrected chi connectivity index (χ3v) is 2.68. The van der Waals surface area contributed by atoms with Crippen LogP contribution in [0.25, 0.3) is 11.1 Å². The van der Waals surface area contributed by atoms with Gasteiger partial charge in [0.1, 0.15) is 5.82 Å². The van der Waals surface area contributed by atoms with Crippen LogP contribution < -0.4 is 5.73 Å². The number of primary amides is 1. The molecule has 0 heterocycles. The summed E-state index contributed by atoms with van der Waals surface area (Å²) in [5, 5.41) is 0. The minimum absolute atomic E-state index is 0.478. The quantitative estimate of drug-likeness (QED) is 0.516. The van der Waals surface area contributed by atoms with E-state index in [1.165, 1.54) is 0 Å². The van der Waals surface area contributed by atoms with Crippen LogP contribution in [-0.2, 0) is 0 Å². The number of nitrogens with two attached hydrogens (primary N) is 1. The summed E-state index contributed by atoms with van der Waals surface area (Å²) in [5.74, 6) is -13.2. The summed E-state index contributed by atoms with van der Waals surface area (Å²) in [4.78, 5) is 11.0. The van der Waals surface area contributed by atoms with Crippen molar-refractivity contribution in [1.29, 1.82) is 0 Å². The number of carbonyl (C=O) groups excluding carboxylic acids is 1. The van der Waals surface area contributed by atoms with Gasteiger partial charge in [-0.2, -0.15) is 0 Å². The molecule has 0 bridgehead atoms. The minimum atomic E-state index is -2.33. The molecule has 0 aromatic heterocycles. The first kappa shape index (κ1) is 14.9. The number of halogens is 6. The van der Waals surface area contributed by atoms with Crippen molar-refractivity contribution < 1.29 is 31.1 Å². The van der Waals surface area contributed by atoms with Crippen molar-refractivity contribution in [2.75, 3.05) is 0 Å². The van der Waals surface area contributed by atoms with Gasteiger partial charge >= 0.3 is 0 Å². The van der Waals surface area contributed by atoms with Crippen LogP contribution in [0.4, 0.5) is 26.3 Å². The van der Waals surface area contributed by atoms with Crippen molar-refractivity contribution in [2.24, 2.45) is 5.73 Å². The van der Waals surface area contributed by atoms with Crippen LogP contribution in [0, 0.1) is 34.9 Å². The fourth-order valence-corrected chi connectivity index (χ4v) is 1.73. The van der Waals surface area contributed by atoms with Crippen molar-refractivity contribution in [3.8, 4) is 11.1 Å². The van der Waals surface area contributed by atoms with Crippen molar-refractivity contribution in [3.63, 3.8) is 0 Å². The Bertz CT molecular complexity index is 730. The number of hydrogen-bond donors (Lipinski definition) is 1. The molecule has 0 radical (unpaired) electrons. The zero-order chi connectivity index (χ0) is 15.9. The number of hydrogen-bond acceptors (Lipinski definition) is 1. The molecule has 8 heteroatoms. The van der Waals surface area contributed by atoms with Crippen LogP contribution in [0.15, 0.2) is 18.2 Å². The molecule has 21 heavy (non-hydrogen) atoms. The lowest BCUT2D eigenvalue weighted by Gasteiger charge is -2.09. The van der Waals surface area contributed by atoms with E-state index in [9.17, 15) is 31.1 Å². The van der Waals surface area contributed by atoms with Crippen molar-refractivity contribution in [3.05, 3.63) is 58.7 Å². The Morgan fingerprint density at radius 2 is 1.24 bits per heavy atom. The lowest BCUT2D eigenvalue weighted by atomic mass is 10.0. The first-order valence-electron chi connectivity index (χ1n) is 5.36. The molecule has 1 amide bonds. The van der Waals surface area contributed by atoms with Gasteiger partial charge in [0.2, 0.25) is 11.7 Å². The van der Waals surface area contributed by atoms with Crippen LogP contribution in [0.2, 0.25) is 0 Å². The van der Waals surface area contributed by atoms with Gasteiger partial charge in [-0.25, -0.2) is 26.3 Å². The van der Waals surface area contributed by atoms with Gasteiger partial charge in [-0.3, -0.25) is 4.79 Å². The summed E-state index contributed by atoms with van der Waals surface area (Å²) in [5.41, 5.74) is 2.37. The van der Waals surface area contributed by atoms with E-state index in [4.69, 9.17) is 5.73 Å². The average Bonchev–Trinajstić information content (AvgIpc) is 2.42. The highest BCUT2D eigenvalue weighted by Gasteiger charge is 2.27. The highest BCUT2D eigenvalue weighted by Crippen LogP contribution is 2.32. The number of benzene rings is 2. The predicted molar refractivity (Wildman–Crippen MR) is 60.1 cm³/mol. The molecule has 0 aliphatic carbocycles. The Kier molecular flexibility index (Phi) is 3.63. The molecule has 2 aromatic carbocycles. The van der Waals surface area contributed by atoms with E-state index in [0.717, 1.165) is 6.07 Å². The summed E-state index contributed by atoms with van der Waals surface area (Å²) < 4.78 is 79.6. The second kappa shape index (κ2) is 5.12. The highest BCUT2D eigenvalue weighted by molar-refractivity contribution is 5.94. The Morgan fingerprint density at radius 1 is 0.762 bits per heavy atom. The summed E-state index contributed by atoms with van der Waals surface area (Å²) in [6.45, 7) is 0. The van der Waals surface area contributed by atoms with E-state index in [0.29, 0.717) is 12.1 Å². The standard InChI is InChI=1S/C13H5F6NO/c14-6-2-4(1-5(3-6)13(20)21)7-8(15)10(17)12(19)11(18)9(7)16/h1-3H,(H2,20,21). The van der Waals surface area contributed by atoms with Gasteiger partial charge in [-0.1, -0.05) is 0 Å². The summed E-state index contributed by atoms with van der Waals surface area (Å²) in [7, 11) is 0. The van der Waals surface area contributed by atoms with Crippen molar-refractivity contribution in [2.45, 2.75) is 0 Å². The first-order chi connectivity index (χ1) is 9.73. The average molecular weight is 305 g/mol. The van der Waals surface area contributed by atoms with E-state index in [2.05, 4.69) is 0 Å². The molecule has 2 rings (SSSR count). The maximum absolute atomic E-state index is 13.6. The Labute approximate surface area is 113 Å². The van der Waals surface area contributed by atoms with Gasteiger partial charge < -0.3 is 5.73 Å². The Morgan fingerprint density at radius 3 is 1.71 bits per heavy atom. The zero-order valence-corrected chi connectivity index (χ0v) is 9.99. The molecule has 2 aromatic rings. The van der Waals surface area contributed by atoms with Gasteiger partial charge in [0.25, 0.3) is 0 Å². The summed E-state index contributed by atoms with van der Waals surface area (Å²) >= 11 is 0. The van der Waals surface area contributed by atoms with Crippen LogP contribution in [0.1, 0.15) is 10.4 Å². The van der Waals surface area contributed by atoms with Crippen molar-refractivity contribution in [1.82, 2.24) is 0 Å². The van der Waals surface area contributed by atoms with Gasteiger partial charge in [-0.15, -0.1) is 0 Å². The first-order valence-corrected chi connectivity index (χ1v) is 5.36. The van der Waals surface area contributed by atoms with Gasteiger partial charge in [-0.05, 0) is 23.8 Å². The fourth-order valence-electron chi connectivity index (χ4n) is 1.73. The van der Waals surface area contributed by atoms with Crippen LogP contribution in [0.5, 0.6) is 0 Å². The smallest absolute Gasteiger partial charge is 0.248 e. The molecule has 0 atom stereocenters.